The van der Waals surface area contributed by atoms with Crippen LogP contribution in [0.25, 0.3) is 0 Å². The van der Waals surface area contributed by atoms with Crippen LogP contribution >= 0.6 is 0 Å². The van der Waals surface area contributed by atoms with Crippen molar-refractivity contribution >= 4 is 27.5 Å². The zero-order valence-electron chi connectivity index (χ0n) is 22.7. The molecule has 3 rings (SSSR count). The van der Waals surface area contributed by atoms with Crippen LogP contribution in [0.5, 0.6) is 0 Å². The molecule has 0 saturated carbocycles. The van der Waals surface area contributed by atoms with Crippen LogP contribution < -0.4 is 9.62 Å². The minimum absolute atomic E-state index is 0.0865. The Hall–Kier alpha value is -3.65. The fourth-order valence-electron chi connectivity index (χ4n) is 4.23. The molecular weight excluding hydrogens is 498 g/mol. The van der Waals surface area contributed by atoms with Gasteiger partial charge in [-0.1, -0.05) is 67.1 Å². The molecule has 0 radical (unpaired) electrons. The normalized spacial score (nSPS) is 12.2. The van der Waals surface area contributed by atoms with Crippen LogP contribution in [0.4, 0.5) is 5.69 Å². The van der Waals surface area contributed by atoms with E-state index < -0.39 is 28.5 Å². The average Bonchev–Trinajstić information content (AvgIpc) is 2.88. The van der Waals surface area contributed by atoms with Crippen molar-refractivity contribution in [2.45, 2.75) is 64.6 Å². The lowest BCUT2D eigenvalue weighted by Gasteiger charge is -2.34. The van der Waals surface area contributed by atoms with Crippen LogP contribution in [0.2, 0.25) is 0 Å². The largest absolute Gasteiger partial charge is 0.352 e. The summed E-state index contributed by atoms with van der Waals surface area (Å²) in [5, 5.41) is 2.91. The van der Waals surface area contributed by atoms with Crippen LogP contribution in [0, 0.1) is 13.8 Å². The van der Waals surface area contributed by atoms with Gasteiger partial charge in [-0.15, -0.1) is 0 Å². The van der Waals surface area contributed by atoms with Gasteiger partial charge in [0.25, 0.3) is 10.0 Å². The van der Waals surface area contributed by atoms with Crippen molar-refractivity contribution in [1.82, 2.24) is 10.2 Å². The van der Waals surface area contributed by atoms with Gasteiger partial charge in [0.1, 0.15) is 12.6 Å². The molecule has 0 spiro atoms. The zero-order chi connectivity index (χ0) is 27.9. The summed E-state index contributed by atoms with van der Waals surface area (Å²) in [4.78, 5) is 28.8. The molecule has 0 bridgehead atoms. The van der Waals surface area contributed by atoms with Gasteiger partial charge in [-0.3, -0.25) is 13.9 Å². The molecule has 0 fully saturated rings. The van der Waals surface area contributed by atoms with E-state index in [-0.39, 0.29) is 23.4 Å². The van der Waals surface area contributed by atoms with Crippen molar-refractivity contribution in [2.24, 2.45) is 0 Å². The molecule has 1 atom stereocenters. The maximum Gasteiger partial charge on any atom is 0.264 e. The van der Waals surface area contributed by atoms with Crippen molar-refractivity contribution in [3.63, 3.8) is 0 Å². The molecule has 7 nitrogen and oxygen atoms in total. The topological polar surface area (TPSA) is 86.8 Å². The molecule has 0 saturated heterocycles. The minimum atomic E-state index is -4.06. The van der Waals surface area contributed by atoms with E-state index in [9.17, 15) is 18.0 Å². The SMILES string of the molecule is CC[C@H](C(=O)NC(C)C)N(Cc1ccccc1C)C(=O)CN(c1ccc(C)cc1)S(=O)(=O)c1ccccc1. The number of sulfonamides is 1. The molecule has 8 heteroatoms. The second-order valence-electron chi connectivity index (χ2n) is 9.70. The number of hydrogen-bond donors (Lipinski definition) is 1. The summed E-state index contributed by atoms with van der Waals surface area (Å²) in [5.74, 6) is -0.726. The van der Waals surface area contributed by atoms with Gasteiger partial charge >= 0.3 is 0 Å². The van der Waals surface area contributed by atoms with Crippen LogP contribution in [0.3, 0.4) is 0 Å². The number of hydrogen-bond acceptors (Lipinski definition) is 4. The third kappa shape index (κ3) is 7.01. The monoisotopic (exact) mass is 535 g/mol. The number of nitrogens with one attached hydrogen (secondary N) is 1. The van der Waals surface area contributed by atoms with Gasteiger partial charge in [0.15, 0.2) is 0 Å². The van der Waals surface area contributed by atoms with Gasteiger partial charge in [0, 0.05) is 12.6 Å². The summed E-state index contributed by atoms with van der Waals surface area (Å²) >= 11 is 0. The maximum absolute atomic E-state index is 14.0. The lowest BCUT2D eigenvalue weighted by molar-refractivity contribution is -0.140. The van der Waals surface area contributed by atoms with E-state index in [0.29, 0.717) is 12.1 Å². The molecule has 0 unspecified atom stereocenters. The summed E-state index contributed by atoms with van der Waals surface area (Å²) < 4.78 is 28.7. The number of rotatable bonds is 11. The Morgan fingerprint density at radius 1 is 0.868 bits per heavy atom. The third-order valence-corrected chi connectivity index (χ3v) is 8.14. The number of benzene rings is 3. The van der Waals surface area contributed by atoms with Gasteiger partial charge in [-0.05, 0) is 69.5 Å². The molecule has 38 heavy (non-hydrogen) atoms. The molecule has 0 aliphatic carbocycles. The fraction of sp³-hybridized carbons (Fsp3) is 0.333. The molecule has 2 amide bonds. The van der Waals surface area contributed by atoms with Crippen molar-refractivity contribution in [3.05, 3.63) is 95.6 Å². The smallest absolute Gasteiger partial charge is 0.264 e. The number of aryl methyl sites for hydroxylation is 2. The van der Waals surface area contributed by atoms with E-state index in [1.54, 1.807) is 30.3 Å². The molecule has 3 aromatic rings. The van der Waals surface area contributed by atoms with E-state index in [1.165, 1.54) is 17.0 Å². The molecule has 0 heterocycles. The van der Waals surface area contributed by atoms with Crippen LogP contribution in [-0.2, 0) is 26.2 Å². The number of carbonyl (C=O) groups is 2. The lowest BCUT2D eigenvalue weighted by atomic mass is 10.1. The molecule has 0 aliphatic rings. The quantitative estimate of drug-likeness (QED) is 0.381. The Kier molecular flexibility index (Phi) is 9.69. The Labute approximate surface area is 226 Å². The summed E-state index contributed by atoms with van der Waals surface area (Å²) in [6.07, 6.45) is 0.381. The van der Waals surface area contributed by atoms with Crippen molar-refractivity contribution in [2.75, 3.05) is 10.8 Å². The molecule has 3 aromatic carbocycles. The summed E-state index contributed by atoms with van der Waals surface area (Å²) in [6, 6.07) is 21.9. The number of nitrogens with zero attached hydrogens (tertiary/aromatic N) is 2. The first-order valence-electron chi connectivity index (χ1n) is 12.8. The number of carbonyl (C=O) groups excluding carboxylic acids is 2. The highest BCUT2D eigenvalue weighted by Gasteiger charge is 2.33. The third-order valence-electron chi connectivity index (χ3n) is 6.35. The van der Waals surface area contributed by atoms with Crippen molar-refractivity contribution in [3.8, 4) is 0 Å². The second-order valence-corrected chi connectivity index (χ2v) is 11.6. The molecule has 0 aromatic heterocycles. The zero-order valence-corrected chi connectivity index (χ0v) is 23.5. The maximum atomic E-state index is 14.0. The average molecular weight is 536 g/mol. The number of anilines is 1. The van der Waals surface area contributed by atoms with E-state index >= 15 is 0 Å². The second kappa shape index (κ2) is 12.7. The molecule has 202 valence electrons. The Bertz CT molecular complexity index is 1340. The van der Waals surface area contributed by atoms with Gasteiger partial charge < -0.3 is 10.2 Å². The summed E-state index contributed by atoms with van der Waals surface area (Å²) in [6.45, 7) is 9.18. The molecule has 1 N–H and O–H groups in total. The highest BCUT2D eigenvalue weighted by Crippen LogP contribution is 2.25. The van der Waals surface area contributed by atoms with Gasteiger partial charge in [0.05, 0.1) is 10.6 Å². The van der Waals surface area contributed by atoms with E-state index in [4.69, 9.17) is 0 Å². The first-order chi connectivity index (χ1) is 18.0. The van der Waals surface area contributed by atoms with Gasteiger partial charge in [0.2, 0.25) is 11.8 Å². The van der Waals surface area contributed by atoms with Crippen LogP contribution in [0.1, 0.15) is 43.9 Å². The number of amides is 2. The van der Waals surface area contributed by atoms with Crippen molar-refractivity contribution in [1.29, 1.82) is 0 Å². The van der Waals surface area contributed by atoms with Crippen LogP contribution in [-0.4, -0.2) is 43.8 Å². The van der Waals surface area contributed by atoms with Gasteiger partial charge in [-0.2, -0.15) is 0 Å². The van der Waals surface area contributed by atoms with Crippen LogP contribution in [0.15, 0.2) is 83.8 Å². The van der Waals surface area contributed by atoms with Crippen molar-refractivity contribution < 1.29 is 18.0 Å². The fourth-order valence-corrected chi connectivity index (χ4v) is 5.67. The predicted molar refractivity (Wildman–Crippen MR) is 151 cm³/mol. The van der Waals surface area contributed by atoms with E-state index in [0.717, 1.165) is 21.0 Å². The molecular formula is C30H37N3O4S. The first kappa shape index (κ1) is 28.9. The summed E-state index contributed by atoms with van der Waals surface area (Å²) in [5.41, 5.74) is 3.22. The Balaban J connectivity index is 2.06. The first-order valence-corrected chi connectivity index (χ1v) is 14.3. The Morgan fingerprint density at radius 2 is 1.47 bits per heavy atom. The van der Waals surface area contributed by atoms with E-state index in [1.807, 2.05) is 71.0 Å². The highest BCUT2D eigenvalue weighted by atomic mass is 32.2. The Morgan fingerprint density at radius 3 is 2.05 bits per heavy atom. The van der Waals surface area contributed by atoms with E-state index in [2.05, 4.69) is 5.32 Å². The van der Waals surface area contributed by atoms with Gasteiger partial charge in [-0.25, -0.2) is 8.42 Å². The standard InChI is InChI=1S/C30H37N3O4S/c1-6-28(30(35)31-22(2)3)32(20-25-13-11-10-12-24(25)5)29(34)21-33(26-18-16-23(4)17-19-26)38(36,37)27-14-8-7-9-15-27/h7-19,22,28H,6,20-21H2,1-5H3,(H,31,35)/t28-/m1/s1. The minimum Gasteiger partial charge on any atom is -0.352 e. The molecule has 0 aliphatic heterocycles. The highest BCUT2D eigenvalue weighted by molar-refractivity contribution is 7.92. The lowest BCUT2D eigenvalue weighted by Crippen LogP contribution is -2.53. The summed E-state index contributed by atoms with van der Waals surface area (Å²) in [7, 11) is -4.06. The predicted octanol–water partition coefficient (Wildman–Crippen LogP) is 4.83.